The molecule has 3 N–H and O–H groups in total. The first-order valence-corrected chi connectivity index (χ1v) is 11.5. The lowest BCUT2D eigenvalue weighted by atomic mass is 9.84. The second-order valence-electron chi connectivity index (χ2n) is 7.76. The predicted octanol–water partition coefficient (Wildman–Crippen LogP) is 4.23. The van der Waals surface area contributed by atoms with Crippen LogP contribution in [0.25, 0.3) is 0 Å². The fourth-order valence-electron chi connectivity index (χ4n) is 3.51. The number of alkyl halides is 3. The smallest absolute Gasteiger partial charge is 0.402 e. The molecule has 0 unspecified atom stereocenters. The van der Waals surface area contributed by atoms with E-state index in [0.29, 0.717) is 29.9 Å². The summed E-state index contributed by atoms with van der Waals surface area (Å²) in [6.45, 7) is 2.68. The van der Waals surface area contributed by atoms with Crippen LogP contribution in [0.2, 0.25) is 0 Å². The number of ether oxygens (including phenoxy) is 2. The fraction of sp³-hybridized carbons (Fsp3) is 0.333. The molecule has 0 fully saturated rings. The largest absolute Gasteiger partial charge is 0.494 e. The molecular weight excluding hydrogens is 531 g/mol. The zero-order valence-corrected chi connectivity index (χ0v) is 20.2. The van der Waals surface area contributed by atoms with Crippen molar-refractivity contribution in [3.05, 3.63) is 76.8 Å². The summed E-state index contributed by atoms with van der Waals surface area (Å²) in [6, 6.07) is 13.9. The van der Waals surface area contributed by atoms with Gasteiger partial charge < -0.3 is 14.6 Å². The Labute approximate surface area is 209 Å². The van der Waals surface area contributed by atoms with E-state index in [1.165, 1.54) is 6.08 Å². The van der Waals surface area contributed by atoms with Crippen molar-refractivity contribution in [2.45, 2.75) is 30.7 Å². The summed E-state index contributed by atoms with van der Waals surface area (Å²) in [4.78, 5) is 17.8. The van der Waals surface area contributed by atoms with Gasteiger partial charge in [-0.1, -0.05) is 34.1 Å². The average Bonchev–Trinajstić information content (AvgIpc) is 3.20. The molecule has 1 aliphatic heterocycles. The number of nitrogens with zero attached hydrogens (tertiary/aromatic N) is 1. The second kappa shape index (κ2) is 11.7. The fourth-order valence-corrected chi connectivity index (χ4v) is 3.77. The number of nitrogens with one attached hydrogen (secondary N) is 2. The maximum Gasteiger partial charge on any atom is 0.402 e. The summed E-state index contributed by atoms with van der Waals surface area (Å²) in [5, 5.41) is 8.88. The Morgan fingerprint density at radius 1 is 1.23 bits per heavy atom. The number of carbonyl (C=O) groups excluding carboxylic acids is 1. The topological polar surface area (TPSA) is 92.2 Å². The Hall–Kier alpha value is -2.89. The molecule has 1 aliphatic rings. The third kappa shape index (κ3) is 6.83. The Bertz CT molecular complexity index is 1050. The zero-order chi connectivity index (χ0) is 25.5. The predicted molar refractivity (Wildman–Crippen MR) is 128 cm³/mol. The van der Waals surface area contributed by atoms with E-state index >= 15 is 0 Å². The summed E-state index contributed by atoms with van der Waals surface area (Å²) < 4.78 is 50.3. The van der Waals surface area contributed by atoms with E-state index in [4.69, 9.17) is 14.6 Å². The van der Waals surface area contributed by atoms with Crippen molar-refractivity contribution in [2.24, 2.45) is 4.99 Å². The van der Waals surface area contributed by atoms with Crippen molar-refractivity contribution in [1.29, 1.82) is 0 Å². The molecule has 2 atom stereocenters. The molecule has 1 heterocycles. The zero-order valence-electron chi connectivity index (χ0n) is 18.6. The van der Waals surface area contributed by atoms with Crippen LogP contribution in [-0.2, 0) is 9.53 Å². The van der Waals surface area contributed by atoms with Gasteiger partial charge in [-0.3, -0.25) is 10.2 Å². The van der Waals surface area contributed by atoms with Gasteiger partial charge in [-0.05, 0) is 42.0 Å². The van der Waals surface area contributed by atoms with E-state index in [1.54, 1.807) is 48.5 Å². The molecule has 0 spiro atoms. The molecule has 1 amide bonds. The van der Waals surface area contributed by atoms with E-state index < -0.39 is 30.3 Å². The molecular formula is C24H25BrF3N3O4. The molecule has 0 bridgehead atoms. The number of hydrogen-bond acceptors (Lipinski definition) is 6. The van der Waals surface area contributed by atoms with Crippen molar-refractivity contribution in [2.75, 3.05) is 19.8 Å². The highest BCUT2D eigenvalue weighted by molar-refractivity contribution is 9.10. The van der Waals surface area contributed by atoms with Gasteiger partial charge in [-0.2, -0.15) is 13.2 Å². The lowest BCUT2D eigenvalue weighted by Crippen LogP contribution is -2.54. The van der Waals surface area contributed by atoms with Crippen molar-refractivity contribution in [1.82, 2.24) is 10.9 Å². The van der Waals surface area contributed by atoms with Crippen LogP contribution in [0, 0.1) is 0 Å². The third-order valence-corrected chi connectivity index (χ3v) is 5.68. The standard InChI is InChI=1S/C24H25BrF3N3O4/c1-2-12-23(22(33)31-29-15-24(26,27)28)20(16-4-8-18(25)9-5-16)35-21(30-23)17-6-10-19(11-7-17)34-14-3-13-32/h2,4-11,20,29,32H,1,3,12-15H2,(H,31,33)/t20-,23-/m0/s1. The van der Waals surface area contributed by atoms with Gasteiger partial charge in [0.1, 0.15) is 12.3 Å². The van der Waals surface area contributed by atoms with Gasteiger partial charge in [0.05, 0.1) is 6.61 Å². The summed E-state index contributed by atoms with van der Waals surface area (Å²) in [5.74, 6) is -0.0436. The average molecular weight is 556 g/mol. The third-order valence-electron chi connectivity index (χ3n) is 5.15. The van der Waals surface area contributed by atoms with Crippen LogP contribution in [-0.4, -0.2) is 48.4 Å². The number of halogens is 4. The van der Waals surface area contributed by atoms with Gasteiger partial charge in [0, 0.05) is 29.5 Å². The minimum atomic E-state index is -4.51. The Morgan fingerprint density at radius 2 is 1.91 bits per heavy atom. The normalized spacial score (nSPS) is 19.6. The molecule has 3 rings (SSSR count). The molecule has 7 nitrogen and oxygen atoms in total. The number of hydrazine groups is 1. The highest BCUT2D eigenvalue weighted by Crippen LogP contribution is 2.43. The Kier molecular flexibility index (Phi) is 8.92. The van der Waals surface area contributed by atoms with Crippen LogP contribution < -0.4 is 15.6 Å². The van der Waals surface area contributed by atoms with E-state index in [2.05, 4.69) is 32.9 Å². The monoisotopic (exact) mass is 555 g/mol. The van der Waals surface area contributed by atoms with E-state index in [-0.39, 0.29) is 18.9 Å². The van der Waals surface area contributed by atoms with Crippen molar-refractivity contribution < 1.29 is 32.5 Å². The number of amides is 1. The molecule has 0 saturated heterocycles. The van der Waals surface area contributed by atoms with Crippen LogP contribution in [0.15, 0.2) is 70.7 Å². The van der Waals surface area contributed by atoms with Crippen LogP contribution in [0.3, 0.4) is 0 Å². The number of aliphatic imine (C=N–C) groups is 1. The van der Waals surface area contributed by atoms with Gasteiger partial charge >= 0.3 is 6.18 Å². The summed E-state index contributed by atoms with van der Waals surface area (Å²) in [7, 11) is 0. The lowest BCUT2D eigenvalue weighted by Gasteiger charge is -2.29. The number of rotatable bonds is 11. The summed E-state index contributed by atoms with van der Waals surface area (Å²) >= 11 is 3.37. The van der Waals surface area contributed by atoms with E-state index in [0.717, 1.165) is 4.47 Å². The number of aliphatic hydroxyl groups is 1. The van der Waals surface area contributed by atoms with Crippen LogP contribution in [0.5, 0.6) is 5.75 Å². The highest BCUT2D eigenvalue weighted by Gasteiger charge is 2.52. The van der Waals surface area contributed by atoms with Crippen molar-refractivity contribution >= 4 is 27.7 Å². The molecule has 0 aromatic heterocycles. The van der Waals surface area contributed by atoms with Gasteiger partial charge in [0.2, 0.25) is 5.90 Å². The van der Waals surface area contributed by atoms with Gasteiger partial charge in [-0.25, -0.2) is 10.4 Å². The van der Waals surface area contributed by atoms with Gasteiger partial charge in [-0.15, -0.1) is 6.58 Å². The van der Waals surface area contributed by atoms with E-state index in [1.807, 2.05) is 5.43 Å². The Balaban J connectivity index is 1.93. The van der Waals surface area contributed by atoms with Crippen molar-refractivity contribution in [3.8, 4) is 5.75 Å². The minimum absolute atomic E-state index is 0.0130. The molecule has 2 aromatic rings. The maximum absolute atomic E-state index is 13.2. The number of carbonyl (C=O) groups is 1. The first kappa shape index (κ1) is 26.7. The molecule has 35 heavy (non-hydrogen) atoms. The number of aliphatic hydroxyl groups excluding tert-OH is 1. The first-order chi connectivity index (χ1) is 16.7. The van der Waals surface area contributed by atoms with Crippen LogP contribution >= 0.6 is 15.9 Å². The Morgan fingerprint density at radius 3 is 2.51 bits per heavy atom. The SMILES string of the molecule is C=CC[C@]1(C(=O)NNCC(F)(F)F)N=C(c2ccc(OCCCO)cc2)O[C@H]1c1ccc(Br)cc1. The van der Waals surface area contributed by atoms with Crippen molar-refractivity contribution in [3.63, 3.8) is 0 Å². The molecule has 0 aliphatic carbocycles. The molecule has 0 radical (unpaired) electrons. The summed E-state index contributed by atoms with van der Waals surface area (Å²) in [5.41, 5.74) is 3.64. The maximum atomic E-state index is 13.2. The quantitative estimate of drug-likeness (QED) is 0.219. The second-order valence-corrected chi connectivity index (χ2v) is 8.67. The van der Waals surface area contributed by atoms with Crippen LogP contribution in [0.4, 0.5) is 13.2 Å². The molecule has 188 valence electrons. The van der Waals surface area contributed by atoms with Crippen LogP contribution in [0.1, 0.15) is 30.1 Å². The van der Waals surface area contributed by atoms with Gasteiger partial charge in [0.15, 0.2) is 11.6 Å². The minimum Gasteiger partial charge on any atom is -0.494 e. The van der Waals surface area contributed by atoms with Gasteiger partial charge in [0.25, 0.3) is 5.91 Å². The molecule has 11 heteroatoms. The highest BCUT2D eigenvalue weighted by atomic mass is 79.9. The lowest BCUT2D eigenvalue weighted by molar-refractivity contribution is -0.136. The number of benzene rings is 2. The molecule has 0 saturated carbocycles. The first-order valence-electron chi connectivity index (χ1n) is 10.8. The molecule has 2 aromatic carbocycles. The summed E-state index contributed by atoms with van der Waals surface area (Å²) in [6.07, 6.45) is -3.45. The van der Waals surface area contributed by atoms with E-state index in [9.17, 15) is 18.0 Å². The number of hydrogen-bond donors (Lipinski definition) is 3.